The van der Waals surface area contributed by atoms with Crippen LogP contribution in [0.25, 0.3) is 11.5 Å². The quantitative estimate of drug-likeness (QED) is 0.292. The Bertz CT molecular complexity index is 1420. The van der Waals surface area contributed by atoms with Crippen LogP contribution in [0.2, 0.25) is 5.02 Å². The van der Waals surface area contributed by atoms with Crippen molar-refractivity contribution in [2.24, 2.45) is 5.92 Å². The van der Waals surface area contributed by atoms with E-state index >= 15 is 0 Å². The lowest BCUT2D eigenvalue weighted by Crippen LogP contribution is -2.58. The van der Waals surface area contributed by atoms with Gasteiger partial charge in [-0.3, -0.25) is 9.29 Å². The molecule has 1 fully saturated rings. The van der Waals surface area contributed by atoms with Gasteiger partial charge in [0, 0.05) is 35.2 Å². The van der Waals surface area contributed by atoms with E-state index in [1.807, 2.05) is 49.4 Å². The maximum atomic E-state index is 14.7. The summed E-state index contributed by atoms with van der Waals surface area (Å²) in [6.45, 7) is 2.17. The Balaban J connectivity index is 1.49. The van der Waals surface area contributed by atoms with E-state index in [1.54, 1.807) is 6.07 Å². The molecule has 1 aliphatic rings. The second-order valence-electron chi connectivity index (χ2n) is 9.45. The zero-order valence-corrected chi connectivity index (χ0v) is 20.8. The van der Waals surface area contributed by atoms with Crippen molar-refractivity contribution in [2.75, 3.05) is 19.8 Å². The van der Waals surface area contributed by atoms with Gasteiger partial charge < -0.3 is 4.42 Å². The fourth-order valence-electron chi connectivity index (χ4n) is 5.38. The van der Waals surface area contributed by atoms with E-state index in [0.29, 0.717) is 35.7 Å². The molecule has 2 atom stereocenters. The molecular weight excluding hydrogens is 503 g/mol. The van der Waals surface area contributed by atoms with Crippen molar-refractivity contribution < 1.29 is 17.6 Å². The van der Waals surface area contributed by atoms with Crippen LogP contribution in [0.4, 0.5) is 13.2 Å². The van der Waals surface area contributed by atoms with Crippen molar-refractivity contribution in [3.63, 3.8) is 0 Å². The number of likely N-dealkylation sites (tertiary alicyclic amines) is 1. The van der Waals surface area contributed by atoms with Crippen molar-refractivity contribution >= 4 is 11.6 Å². The summed E-state index contributed by atoms with van der Waals surface area (Å²) in [6.07, 6.45) is 0.407. The summed E-state index contributed by atoms with van der Waals surface area (Å²) < 4.78 is 47.9. The zero-order valence-electron chi connectivity index (χ0n) is 20.1. The molecule has 4 aromatic rings. The molecule has 1 saturated heterocycles. The number of nitrogens with one attached hydrogen (secondary N) is 1. The molecule has 0 bridgehead atoms. The van der Waals surface area contributed by atoms with Crippen LogP contribution in [-0.2, 0) is 5.41 Å². The highest BCUT2D eigenvalue weighted by Gasteiger charge is 2.48. The average Bonchev–Trinajstić information content (AvgIpc) is 3.30. The van der Waals surface area contributed by atoms with Crippen molar-refractivity contribution in [3.05, 3.63) is 111 Å². The Morgan fingerprint density at radius 3 is 2.38 bits per heavy atom. The Morgan fingerprint density at radius 2 is 1.78 bits per heavy atom. The lowest BCUT2D eigenvalue weighted by atomic mass is 9.65. The van der Waals surface area contributed by atoms with E-state index in [0.717, 1.165) is 17.2 Å². The van der Waals surface area contributed by atoms with Crippen molar-refractivity contribution in [1.29, 1.82) is 0 Å². The van der Waals surface area contributed by atoms with E-state index in [1.165, 1.54) is 12.1 Å². The maximum absolute atomic E-state index is 14.7. The first-order chi connectivity index (χ1) is 17.8. The van der Waals surface area contributed by atoms with Gasteiger partial charge in [-0.2, -0.15) is 0 Å². The monoisotopic (exact) mass is 527 g/mol. The fourth-order valence-corrected chi connectivity index (χ4v) is 5.50. The van der Waals surface area contributed by atoms with Crippen LogP contribution in [0.1, 0.15) is 36.1 Å². The molecule has 5 rings (SSSR count). The first-order valence-electron chi connectivity index (χ1n) is 12.0. The van der Waals surface area contributed by atoms with Gasteiger partial charge >= 0.3 is 5.76 Å². The highest BCUT2D eigenvalue weighted by atomic mass is 35.5. The summed E-state index contributed by atoms with van der Waals surface area (Å²) in [5, 5.41) is 6.80. The zero-order chi connectivity index (χ0) is 26.2. The second-order valence-corrected chi connectivity index (χ2v) is 9.89. The Hall–Kier alpha value is -3.36. The van der Waals surface area contributed by atoms with E-state index in [-0.39, 0.29) is 17.9 Å². The van der Waals surface area contributed by atoms with Crippen LogP contribution in [0.3, 0.4) is 0 Å². The number of H-pyrrole nitrogens is 1. The van der Waals surface area contributed by atoms with Gasteiger partial charge in [0.2, 0.25) is 5.89 Å². The number of hydrogen-bond acceptors (Lipinski definition) is 4. The van der Waals surface area contributed by atoms with Gasteiger partial charge in [-0.1, -0.05) is 42.8 Å². The largest absolute Gasteiger partial charge is 0.434 e. The maximum Gasteiger partial charge on any atom is 0.434 e. The number of aromatic amines is 1. The minimum atomic E-state index is -0.996. The first-order valence-corrected chi connectivity index (χ1v) is 12.4. The van der Waals surface area contributed by atoms with Gasteiger partial charge in [-0.15, -0.1) is 5.10 Å². The number of hydrogen-bond donors (Lipinski definition) is 1. The van der Waals surface area contributed by atoms with Crippen LogP contribution in [0, 0.1) is 17.6 Å². The molecule has 0 radical (unpaired) electrons. The molecule has 0 unspecified atom stereocenters. The van der Waals surface area contributed by atoms with Gasteiger partial charge in [0.1, 0.15) is 11.6 Å². The summed E-state index contributed by atoms with van der Waals surface area (Å²) in [4.78, 5) is 13.7. The molecule has 0 saturated carbocycles. The smallest absolute Gasteiger partial charge is 0.388 e. The summed E-state index contributed by atoms with van der Waals surface area (Å²) in [5.74, 6) is -2.03. The molecule has 1 aromatic heterocycles. The Morgan fingerprint density at radius 1 is 1.08 bits per heavy atom. The van der Waals surface area contributed by atoms with Crippen molar-refractivity contribution in [3.8, 4) is 11.5 Å². The van der Waals surface area contributed by atoms with Gasteiger partial charge in [0.15, 0.2) is 0 Å². The van der Waals surface area contributed by atoms with E-state index in [2.05, 4.69) is 15.1 Å². The van der Waals surface area contributed by atoms with E-state index < -0.39 is 29.5 Å². The molecule has 5 nitrogen and oxygen atoms in total. The van der Waals surface area contributed by atoms with Gasteiger partial charge in [-0.25, -0.2) is 18.7 Å². The predicted octanol–water partition coefficient (Wildman–Crippen LogP) is 6.30. The van der Waals surface area contributed by atoms with Crippen LogP contribution >= 0.6 is 11.6 Å². The molecule has 3 aromatic carbocycles. The second kappa shape index (κ2) is 10.2. The number of nitrogens with zero attached hydrogens (tertiary/aromatic N) is 2. The summed E-state index contributed by atoms with van der Waals surface area (Å²) >= 11 is 6.14. The van der Waals surface area contributed by atoms with Gasteiger partial charge in [0.25, 0.3) is 0 Å². The topological polar surface area (TPSA) is 62.1 Å². The average molecular weight is 528 g/mol. The SMILES string of the molecule is CC[C@@](CF)(c1cc(F)cc(F)c1)C1CN([C@@H](c2ccc(Cl)cc2)c2cccc(-c3n[nH]c(=O)o3)c2)C1. The molecule has 0 amide bonds. The highest BCUT2D eigenvalue weighted by Crippen LogP contribution is 2.46. The third-order valence-corrected chi connectivity index (χ3v) is 7.69. The van der Waals surface area contributed by atoms with Crippen molar-refractivity contribution in [1.82, 2.24) is 15.1 Å². The fraction of sp³-hybridized carbons (Fsp3) is 0.286. The Labute approximate surface area is 216 Å². The lowest BCUT2D eigenvalue weighted by Gasteiger charge is -2.52. The highest BCUT2D eigenvalue weighted by molar-refractivity contribution is 6.30. The number of benzene rings is 3. The van der Waals surface area contributed by atoms with Crippen molar-refractivity contribution in [2.45, 2.75) is 24.8 Å². The number of aromatic nitrogens is 2. The lowest BCUT2D eigenvalue weighted by molar-refractivity contribution is 0.00311. The third kappa shape index (κ3) is 4.83. The molecule has 2 heterocycles. The molecule has 0 spiro atoms. The summed E-state index contributed by atoms with van der Waals surface area (Å²) in [7, 11) is 0. The molecular formula is C28H25ClF3N3O2. The number of halogens is 4. The number of rotatable bonds is 8. The molecule has 192 valence electrons. The third-order valence-electron chi connectivity index (χ3n) is 7.44. The van der Waals surface area contributed by atoms with Crippen LogP contribution < -0.4 is 5.76 Å². The molecule has 1 N–H and O–H groups in total. The van der Waals surface area contributed by atoms with E-state index in [9.17, 15) is 18.0 Å². The minimum absolute atomic E-state index is 0.147. The normalized spacial score (nSPS) is 16.8. The first kappa shape index (κ1) is 25.3. The number of alkyl halides is 1. The van der Waals surface area contributed by atoms with Crippen LogP contribution in [0.15, 0.2) is 75.9 Å². The minimum Gasteiger partial charge on any atom is -0.388 e. The van der Waals surface area contributed by atoms with E-state index in [4.69, 9.17) is 16.0 Å². The van der Waals surface area contributed by atoms with Gasteiger partial charge in [-0.05, 0) is 65.4 Å². The molecule has 1 aliphatic heterocycles. The predicted molar refractivity (Wildman–Crippen MR) is 135 cm³/mol. The summed E-state index contributed by atoms with van der Waals surface area (Å²) in [5.41, 5.74) is 1.88. The van der Waals surface area contributed by atoms with Crippen LogP contribution in [0.5, 0.6) is 0 Å². The molecule has 37 heavy (non-hydrogen) atoms. The standard InChI is InChI=1S/C28H25ClF3N3O2/c1-2-28(16-30,20-11-23(31)13-24(32)12-20)21-14-35(15-21)25(17-6-8-22(29)9-7-17)18-4-3-5-19(10-18)26-33-34-27(36)37-26/h3-13,21,25H,2,14-16H2,1H3,(H,34,36)/t25-,28+/m0/s1. The molecule has 0 aliphatic carbocycles. The summed E-state index contributed by atoms with van der Waals surface area (Å²) in [6, 6.07) is 18.1. The van der Waals surface area contributed by atoms with Crippen LogP contribution in [-0.4, -0.2) is 34.9 Å². The van der Waals surface area contributed by atoms with Gasteiger partial charge in [0.05, 0.1) is 12.7 Å². The molecule has 9 heteroatoms. The Kier molecular flexibility index (Phi) is 6.96.